The topological polar surface area (TPSA) is 39.2 Å². The number of rotatable bonds is 1. The molecule has 0 saturated carbocycles. The van der Waals surface area contributed by atoms with Crippen molar-refractivity contribution in [2.24, 2.45) is 0 Å². The number of alkyl halides is 1. The van der Waals surface area contributed by atoms with Gasteiger partial charge < -0.3 is 4.74 Å². The normalized spacial score (nSPS) is 9.00. The third-order valence-corrected chi connectivity index (χ3v) is 1.98. The summed E-state index contributed by atoms with van der Waals surface area (Å²) in [6, 6.07) is 1.51. The number of halogens is 2. The summed E-state index contributed by atoms with van der Waals surface area (Å²) in [7, 11) is 1.29. The molecule has 0 aliphatic heterocycles. The van der Waals surface area contributed by atoms with E-state index in [0.29, 0.717) is 11.1 Å². The van der Waals surface area contributed by atoms with Crippen molar-refractivity contribution in [3.63, 3.8) is 0 Å². The highest BCUT2D eigenvalue weighted by Crippen LogP contribution is 2.13. The van der Waals surface area contributed by atoms with E-state index in [0.717, 1.165) is 0 Å². The second-order valence-electron chi connectivity index (χ2n) is 2.49. The predicted molar refractivity (Wildman–Crippen MR) is 58.2 cm³/mol. The molecule has 0 aromatic carbocycles. The molecule has 0 aliphatic carbocycles. The third kappa shape index (κ3) is 3.12. The minimum Gasteiger partial charge on any atom is -0.465 e. The molecule has 0 N–H and O–H groups in total. The van der Waals surface area contributed by atoms with Gasteiger partial charge in [0, 0.05) is 6.20 Å². The van der Waals surface area contributed by atoms with Gasteiger partial charge in [-0.2, -0.15) is 0 Å². The van der Waals surface area contributed by atoms with Crippen LogP contribution in [0.25, 0.3) is 0 Å². The number of hydrogen-bond acceptors (Lipinski definition) is 3. The Morgan fingerprint density at radius 3 is 3.00 bits per heavy atom. The van der Waals surface area contributed by atoms with Crippen molar-refractivity contribution in [1.82, 2.24) is 4.98 Å². The Hall–Kier alpha value is -1.24. The van der Waals surface area contributed by atoms with E-state index < -0.39 is 5.97 Å². The lowest BCUT2D eigenvalue weighted by molar-refractivity contribution is 0.0600. The monoisotopic (exact) mass is 243 g/mol. The van der Waals surface area contributed by atoms with Gasteiger partial charge in [-0.3, -0.25) is 0 Å². The molecule has 0 bridgehead atoms. The number of aromatic nitrogens is 1. The molecule has 0 spiro atoms. The number of ether oxygens (including phenoxy) is 1. The molecule has 5 heteroatoms. The van der Waals surface area contributed by atoms with Gasteiger partial charge in [-0.05, 0) is 6.07 Å². The molecule has 0 unspecified atom stereocenters. The first-order valence-electron chi connectivity index (χ1n) is 3.97. The smallest absolute Gasteiger partial charge is 0.339 e. The Morgan fingerprint density at radius 1 is 1.67 bits per heavy atom. The maximum Gasteiger partial charge on any atom is 0.339 e. The second kappa shape index (κ2) is 5.59. The summed E-state index contributed by atoms with van der Waals surface area (Å²) in [5, 5.41) is 0.236. The zero-order chi connectivity index (χ0) is 11.3. The first kappa shape index (κ1) is 11.8. The van der Waals surface area contributed by atoms with Crippen molar-refractivity contribution < 1.29 is 9.53 Å². The molecule has 0 radical (unpaired) electrons. The first-order valence-corrected chi connectivity index (χ1v) is 4.89. The van der Waals surface area contributed by atoms with E-state index in [4.69, 9.17) is 23.2 Å². The fraction of sp³-hybridized carbons (Fsp3) is 0.200. The summed E-state index contributed by atoms with van der Waals surface area (Å²) >= 11 is 11.2. The SMILES string of the molecule is COC(=O)c1cnc(Cl)c(C#CCCl)c1. The average Bonchev–Trinajstić information content (AvgIpc) is 2.27. The number of methoxy groups -OCH3 is 1. The summed E-state index contributed by atoms with van der Waals surface area (Å²) in [6.45, 7) is 0. The molecule has 1 aromatic rings. The van der Waals surface area contributed by atoms with Gasteiger partial charge in [0.25, 0.3) is 0 Å². The fourth-order valence-corrected chi connectivity index (χ4v) is 1.11. The van der Waals surface area contributed by atoms with Gasteiger partial charge in [-0.25, -0.2) is 9.78 Å². The maximum absolute atomic E-state index is 11.2. The van der Waals surface area contributed by atoms with E-state index in [-0.39, 0.29) is 11.0 Å². The molecule has 15 heavy (non-hydrogen) atoms. The molecule has 0 fully saturated rings. The van der Waals surface area contributed by atoms with Gasteiger partial charge in [0.15, 0.2) is 0 Å². The summed E-state index contributed by atoms with van der Waals surface area (Å²) < 4.78 is 4.54. The highest BCUT2D eigenvalue weighted by Gasteiger charge is 2.08. The number of carbonyl (C=O) groups is 1. The highest BCUT2D eigenvalue weighted by molar-refractivity contribution is 6.30. The van der Waals surface area contributed by atoms with E-state index in [1.54, 1.807) is 0 Å². The number of pyridine rings is 1. The number of hydrogen-bond donors (Lipinski definition) is 0. The van der Waals surface area contributed by atoms with Crippen molar-refractivity contribution >= 4 is 29.2 Å². The zero-order valence-corrected chi connectivity index (χ0v) is 9.39. The van der Waals surface area contributed by atoms with Crippen LogP contribution in [0.2, 0.25) is 5.15 Å². The van der Waals surface area contributed by atoms with Gasteiger partial charge in [0.05, 0.1) is 24.1 Å². The standard InChI is InChI=1S/C10H7Cl2NO2/c1-15-10(14)8-5-7(3-2-4-11)9(12)13-6-8/h5-6H,4H2,1H3. The van der Waals surface area contributed by atoms with Crippen LogP contribution in [-0.2, 0) is 4.74 Å². The summed E-state index contributed by atoms with van der Waals surface area (Å²) in [5.41, 5.74) is 0.765. The van der Waals surface area contributed by atoms with E-state index in [9.17, 15) is 4.79 Å². The van der Waals surface area contributed by atoms with Crippen LogP contribution in [0.4, 0.5) is 0 Å². The molecule has 1 heterocycles. The molecule has 0 saturated heterocycles. The minimum absolute atomic E-state index is 0.193. The van der Waals surface area contributed by atoms with Crippen molar-refractivity contribution in [3.8, 4) is 11.8 Å². The lowest BCUT2D eigenvalue weighted by atomic mass is 10.2. The Balaban J connectivity index is 3.10. The highest BCUT2D eigenvalue weighted by atomic mass is 35.5. The minimum atomic E-state index is -0.479. The molecule has 1 aromatic heterocycles. The van der Waals surface area contributed by atoms with E-state index in [1.165, 1.54) is 19.4 Å². The fourth-order valence-electron chi connectivity index (χ4n) is 0.894. The van der Waals surface area contributed by atoms with Crippen LogP contribution in [-0.4, -0.2) is 23.9 Å². The van der Waals surface area contributed by atoms with Gasteiger partial charge in [0.1, 0.15) is 5.15 Å². The second-order valence-corrected chi connectivity index (χ2v) is 3.11. The molecule has 3 nitrogen and oxygen atoms in total. The summed E-state index contributed by atoms with van der Waals surface area (Å²) in [6.07, 6.45) is 1.33. The van der Waals surface area contributed by atoms with Crippen LogP contribution in [0.1, 0.15) is 15.9 Å². The van der Waals surface area contributed by atoms with E-state index in [1.807, 2.05) is 0 Å². The van der Waals surface area contributed by atoms with Crippen LogP contribution in [0.5, 0.6) is 0 Å². The Kier molecular flexibility index (Phi) is 4.41. The van der Waals surface area contributed by atoms with Gasteiger partial charge in [-0.15, -0.1) is 11.6 Å². The van der Waals surface area contributed by atoms with Crippen molar-refractivity contribution in [1.29, 1.82) is 0 Å². The van der Waals surface area contributed by atoms with Crippen LogP contribution < -0.4 is 0 Å². The van der Waals surface area contributed by atoms with Crippen LogP contribution in [0, 0.1) is 11.8 Å². The van der Waals surface area contributed by atoms with E-state index >= 15 is 0 Å². The molecule has 0 amide bonds. The first-order chi connectivity index (χ1) is 7.19. The van der Waals surface area contributed by atoms with Gasteiger partial charge in [0.2, 0.25) is 0 Å². The Morgan fingerprint density at radius 2 is 2.40 bits per heavy atom. The summed E-state index contributed by atoms with van der Waals surface area (Å²) in [5.74, 6) is 5.04. The number of carbonyl (C=O) groups excluding carboxylic acids is 1. The lowest BCUT2D eigenvalue weighted by Crippen LogP contribution is -2.02. The molecular weight excluding hydrogens is 237 g/mol. The molecule has 0 atom stereocenters. The van der Waals surface area contributed by atoms with E-state index in [2.05, 4.69) is 21.6 Å². The molecule has 0 aliphatic rings. The van der Waals surface area contributed by atoms with Crippen molar-refractivity contribution in [2.45, 2.75) is 0 Å². The Bertz CT molecular complexity index is 435. The average molecular weight is 244 g/mol. The molecular formula is C10H7Cl2NO2. The molecule has 1 rings (SSSR count). The molecule has 78 valence electrons. The van der Waals surface area contributed by atoms with Gasteiger partial charge >= 0.3 is 5.97 Å². The van der Waals surface area contributed by atoms with Crippen molar-refractivity contribution in [2.75, 3.05) is 13.0 Å². The zero-order valence-electron chi connectivity index (χ0n) is 7.88. The maximum atomic E-state index is 11.2. The Labute approximate surface area is 97.4 Å². The van der Waals surface area contributed by atoms with Gasteiger partial charge in [-0.1, -0.05) is 23.4 Å². The van der Waals surface area contributed by atoms with Crippen LogP contribution >= 0.6 is 23.2 Å². The lowest BCUT2D eigenvalue weighted by Gasteiger charge is -2.00. The quantitative estimate of drug-likeness (QED) is 0.328. The van der Waals surface area contributed by atoms with Crippen LogP contribution in [0.3, 0.4) is 0 Å². The third-order valence-electron chi connectivity index (χ3n) is 1.55. The van der Waals surface area contributed by atoms with Crippen molar-refractivity contribution in [3.05, 3.63) is 28.5 Å². The number of nitrogens with zero attached hydrogens (tertiary/aromatic N) is 1. The predicted octanol–water partition coefficient (Wildman–Crippen LogP) is 2.11. The summed E-state index contributed by atoms with van der Waals surface area (Å²) in [4.78, 5) is 15.0. The number of esters is 1. The van der Waals surface area contributed by atoms with Crippen LogP contribution in [0.15, 0.2) is 12.3 Å². The largest absolute Gasteiger partial charge is 0.465 e.